The summed E-state index contributed by atoms with van der Waals surface area (Å²) in [7, 11) is -3.65. The van der Waals surface area contributed by atoms with E-state index in [-0.39, 0.29) is 24.5 Å². The van der Waals surface area contributed by atoms with E-state index in [1.165, 1.54) is 6.92 Å². The molecule has 0 bridgehead atoms. The molecule has 23 heavy (non-hydrogen) atoms. The summed E-state index contributed by atoms with van der Waals surface area (Å²) in [6, 6.07) is 0. The van der Waals surface area contributed by atoms with Gasteiger partial charge in [0.05, 0.1) is 5.25 Å². The lowest BCUT2D eigenvalue weighted by Crippen LogP contribution is -2.46. The fraction of sp³-hybridized carbons (Fsp3) is 0.857. The van der Waals surface area contributed by atoms with Crippen LogP contribution in [0.4, 0.5) is 4.79 Å². The Morgan fingerprint density at radius 3 is 2.26 bits per heavy atom. The van der Waals surface area contributed by atoms with Crippen molar-refractivity contribution in [3.8, 4) is 0 Å². The average Bonchev–Trinajstić information content (AvgIpc) is 2.41. The smallest absolute Gasteiger partial charge is 0.410 e. The van der Waals surface area contributed by atoms with Crippen LogP contribution in [0.3, 0.4) is 0 Å². The van der Waals surface area contributed by atoms with Gasteiger partial charge in [-0.3, -0.25) is 4.79 Å². The second-order valence-corrected chi connectivity index (χ2v) is 8.87. The van der Waals surface area contributed by atoms with Crippen LogP contribution in [0.25, 0.3) is 0 Å². The molecule has 9 heteroatoms. The Balaban J connectivity index is 2.41. The molecule has 1 aliphatic heterocycles. The Bertz CT molecular complexity index is 533. The van der Waals surface area contributed by atoms with Crippen LogP contribution < -0.4 is 10.5 Å². The minimum atomic E-state index is -3.65. The fourth-order valence-electron chi connectivity index (χ4n) is 2.16. The lowest BCUT2D eigenvalue weighted by atomic mass is 9.96. The van der Waals surface area contributed by atoms with Crippen molar-refractivity contribution in [1.29, 1.82) is 0 Å². The number of hydrogen-bond donors (Lipinski definition) is 2. The molecule has 3 N–H and O–H groups in total. The molecule has 0 aromatic rings. The van der Waals surface area contributed by atoms with E-state index in [1.54, 1.807) is 25.7 Å². The summed E-state index contributed by atoms with van der Waals surface area (Å²) < 4.78 is 27.5. The quantitative estimate of drug-likeness (QED) is 0.763. The molecule has 1 fully saturated rings. The predicted octanol–water partition coefficient (Wildman–Crippen LogP) is 0.427. The van der Waals surface area contributed by atoms with Crippen molar-refractivity contribution >= 4 is 22.0 Å². The fourth-order valence-corrected chi connectivity index (χ4v) is 2.47. The summed E-state index contributed by atoms with van der Waals surface area (Å²) in [5.74, 6) is -0.439. The van der Waals surface area contributed by atoms with Crippen LogP contribution in [0.5, 0.6) is 0 Å². The van der Waals surface area contributed by atoms with Gasteiger partial charge in [-0.1, -0.05) is 0 Å². The van der Waals surface area contributed by atoms with Crippen LogP contribution in [-0.4, -0.2) is 55.8 Å². The van der Waals surface area contributed by atoms with E-state index < -0.39 is 20.9 Å². The van der Waals surface area contributed by atoms with Gasteiger partial charge in [-0.25, -0.2) is 18.4 Å². The SMILES string of the molecule is C[C@@H](CNC(=O)C1CCN(C(=O)OC(C)(C)C)CC1)S(N)(=O)=O. The zero-order chi connectivity index (χ0) is 17.8. The molecule has 1 saturated heterocycles. The molecule has 0 aromatic heterocycles. The zero-order valence-corrected chi connectivity index (χ0v) is 15.0. The summed E-state index contributed by atoms with van der Waals surface area (Å²) in [6.45, 7) is 7.73. The second-order valence-electron chi connectivity index (χ2n) is 6.89. The molecule has 8 nitrogen and oxygen atoms in total. The Morgan fingerprint density at radius 2 is 1.83 bits per heavy atom. The number of sulfonamides is 1. The number of nitrogens with one attached hydrogen (secondary N) is 1. The number of ether oxygens (including phenoxy) is 1. The second kappa shape index (κ2) is 7.48. The van der Waals surface area contributed by atoms with Crippen molar-refractivity contribution < 1.29 is 22.7 Å². The lowest BCUT2D eigenvalue weighted by molar-refractivity contribution is -0.126. The third-order valence-corrected chi connectivity index (χ3v) is 4.93. The topological polar surface area (TPSA) is 119 Å². The third-order valence-electron chi connectivity index (χ3n) is 3.64. The number of piperidine rings is 1. The molecule has 1 heterocycles. The number of amides is 2. The maximum atomic E-state index is 12.1. The molecular weight excluding hydrogens is 322 g/mol. The van der Waals surface area contributed by atoms with Gasteiger partial charge in [0, 0.05) is 25.6 Å². The first kappa shape index (κ1) is 19.7. The maximum absolute atomic E-state index is 12.1. The minimum absolute atomic E-state index is 0.00997. The normalized spacial score (nSPS) is 18.4. The number of rotatable bonds is 4. The van der Waals surface area contributed by atoms with Gasteiger partial charge in [-0.15, -0.1) is 0 Å². The summed E-state index contributed by atoms with van der Waals surface area (Å²) in [5.41, 5.74) is -0.546. The molecule has 0 aliphatic carbocycles. The van der Waals surface area contributed by atoms with Crippen LogP contribution in [-0.2, 0) is 19.6 Å². The highest BCUT2D eigenvalue weighted by atomic mass is 32.2. The molecule has 0 spiro atoms. The number of carbonyl (C=O) groups is 2. The van der Waals surface area contributed by atoms with Gasteiger partial charge in [0.1, 0.15) is 5.60 Å². The lowest BCUT2D eigenvalue weighted by Gasteiger charge is -2.33. The zero-order valence-electron chi connectivity index (χ0n) is 14.2. The molecule has 0 aromatic carbocycles. The molecule has 134 valence electrons. The highest BCUT2D eigenvalue weighted by molar-refractivity contribution is 7.89. The van der Waals surface area contributed by atoms with Crippen LogP contribution >= 0.6 is 0 Å². The van der Waals surface area contributed by atoms with E-state index in [0.29, 0.717) is 25.9 Å². The van der Waals surface area contributed by atoms with Gasteiger partial charge < -0.3 is 15.0 Å². The van der Waals surface area contributed by atoms with Gasteiger partial charge >= 0.3 is 6.09 Å². The standard InChI is InChI=1S/C14H27N3O5S/c1-10(23(15,20)21)9-16-12(18)11-5-7-17(8-6-11)13(19)22-14(2,3)4/h10-11H,5-9H2,1-4H3,(H,16,18)(H2,15,20,21)/t10-/m0/s1. The molecule has 1 atom stereocenters. The van der Waals surface area contributed by atoms with Crippen molar-refractivity contribution in [2.24, 2.45) is 11.1 Å². The van der Waals surface area contributed by atoms with Crippen LogP contribution in [0.15, 0.2) is 0 Å². The number of primary sulfonamides is 1. The first-order valence-corrected chi connectivity index (χ1v) is 9.28. The monoisotopic (exact) mass is 349 g/mol. The van der Waals surface area contributed by atoms with Gasteiger partial charge in [0.25, 0.3) is 0 Å². The van der Waals surface area contributed by atoms with Crippen LogP contribution in [0.2, 0.25) is 0 Å². The number of hydrogen-bond acceptors (Lipinski definition) is 5. The van der Waals surface area contributed by atoms with Gasteiger partial charge in [-0.2, -0.15) is 0 Å². The third kappa shape index (κ3) is 6.74. The molecule has 2 amide bonds. The van der Waals surface area contributed by atoms with Crippen molar-refractivity contribution in [2.45, 2.75) is 51.4 Å². The van der Waals surface area contributed by atoms with Crippen LogP contribution in [0.1, 0.15) is 40.5 Å². The minimum Gasteiger partial charge on any atom is -0.444 e. The number of carbonyl (C=O) groups excluding carboxylic acids is 2. The number of likely N-dealkylation sites (tertiary alicyclic amines) is 1. The Labute approximate surface area is 137 Å². The average molecular weight is 349 g/mol. The van der Waals surface area contributed by atoms with E-state index in [9.17, 15) is 18.0 Å². The van der Waals surface area contributed by atoms with Crippen molar-refractivity contribution in [3.63, 3.8) is 0 Å². The molecule has 1 rings (SSSR count). The molecule has 1 aliphatic rings. The Kier molecular flexibility index (Phi) is 6.41. The van der Waals surface area contributed by atoms with Gasteiger partial charge in [0.2, 0.25) is 15.9 Å². The van der Waals surface area contributed by atoms with Crippen molar-refractivity contribution in [2.75, 3.05) is 19.6 Å². The van der Waals surface area contributed by atoms with Crippen LogP contribution in [0, 0.1) is 5.92 Å². The first-order chi connectivity index (χ1) is 10.4. The van der Waals surface area contributed by atoms with Crippen molar-refractivity contribution in [3.05, 3.63) is 0 Å². The largest absolute Gasteiger partial charge is 0.444 e. The Hall–Kier alpha value is -1.35. The van der Waals surface area contributed by atoms with Gasteiger partial charge in [-0.05, 0) is 40.5 Å². The highest BCUT2D eigenvalue weighted by Gasteiger charge is 2.30. The summed E-state index contributed by atoms with van der Waals surface area (Å²) in [6.07, 6.45) is 0.670. The Morgan fingerprint density at radius 1 is 1.30 bits per heavy atom. The molecule has 0 unspecified atom stereocenters. The molecule has 0 saturated carbocycles. The first-order valence-electron chi connectivity index (χ1n) is 7.67. The van der Waals surface area contributed by atoms with E-state index >= 15 is 0 Å². The predicted molar refractivity (Wildman–Crippen MR) is 86.1 cm³/mol. The van der Waals surface area contributed by atoms with E-state index in [0.717, 1.165) is 0 Å². The van der Waals surface area contributed by atoms with E-state index in [4.69, 9.17) is 9.88 Å². The summed E-state index contributed by atoms with van der Waals surface area (Å²) in [5, 5.41) is 6.79. The summed E-state index contributed by atoms with van der Waals surface area (Å²) >= 11 is 0. The van der Waals surface area contributed by atoms with E-state index in [2.05, 4.69) is 5.32 Å². The maximum Gasteiger partial charge on any atom is 0.410 e. The van der Waals surface area contributed by atoms with Gasteiger partial charge in [0.15, 0.2) is 0 Å². The van der Waals surface area contributed by atoms with Crippen molar-refractivity contribution in [1.82, 2.24) is 10.2 Å². The number of nitrogens with two attached hydrogens (primary N) is 1. The summed E-state index contributed by atoms with van der Waals surface area (Å²) in [4.78, 5) is 25.6. The highest BCUT2D eigenvalue weighted by Crippen LogP contribution is 2.19. The van der Waals surface area contributed by atoms with E-state index in [1.807, 2.05) is 0 Å². The molecule has 0 radical (unpaired) electrons. The molecular formula is C14H27N3O5S. The number of nitrogens with zero attached hydrogens (tertiary/aromatic N) is 1.